The van der Waals surface area contributed by atoms with Gasteiger partial charge in [0.05, 0.1) is 4.92 Å². The van der Waals surface area contributed by atoms with Crippen LogP contribution in [0.3, 0.4) is 0 Å². The number of nitro groups is 1. The van der Waals surface area contributed by atoms with Crippen LogP contribution in [0.4, 0.5) is 17.5 Å². The Hall–Kier alpha value is -1.92. The van der Waals surface area contributed by atoms with Gasteiger partial charge < -0.3 is 11.1 Å². The Labute approximate surface area is 106 Å². The summed E-state index contributed by atoms with van der Waals surface area (Å²) in [6.45, 7) is 4.34. The fraction of sp³-hybridized carbons (Fsp3) is 0.636. The fourth-order valence-corrected chi connectivity index (χ4v) is 1.69. The second-order valence-corrected chi connectivity index (χ2v) is 4.11. The number of nitrogens with one attached hydrogen (secondary N) is 1. The number of hydrogen-bond donors (Lipinski definition) is 2. The van der Waals surface area contributed by atoms with Crippen molar-refractivity contribution >= 4 is 17.5 Å². The molecule has 1 aromatic heterocycles. The van der Waals surface area contributed by atoms with Crippen molar-refractivity contribution < 1.29 is 4.92 Å². The highest BCUT2D eigenvalue weighted by molar-refractivity contribution is 5.60. The third-order valence-electron chi connectivity index (χ3n) is 2.58. The van der Waals surface area contributed by atoms with E-state index in [-0.39, 0.29) is 23.1 Å². The molecule has 0 fully saturated rings. The number of rotatable bonds is 7. The molecule has 7 heteroatoms. The third-order valence-corrected chi connectivity index (χ3v) is 2.58. The maximum absolute atomic E-state index is 10.9. The van der Waals surface area contributed by atoms with E-state index in [2.05, 4.69) is 22.2 Å². The fourth-order valence-electron chi connectivity index (χ4n) is 1.69. The summed E-state index contributed by atoms with van der Waals surface area (Å²) in [4.78, 5) is 18.1. The van der Waals surface area contributed by atoms with Crippen molar-refractivity contribution in [2.24, 2.45) is 0 Å². The van der Waals surface area contributed by atoms with Crippen LogP contribution in [0.15, 0.2) is 0 Å². The van der Waals surface area contributed by atoms with Crippen molar-refractivity contribution in [2.45, 2.75) is 39.5 Å². The molecule has 0 amide bonds. The molecule has 0 unspecified atom stereocenters. The molecule has 1 heterocycles. The quantitative estimate of drug-likeness (QED) is 0.438. The number of nitrogens with two attached hydrogens (primary N) is 1. The highest BCUT2D eigenvalue weighted by Gasteiger charge is 2.20. The first-order chi connectivity index (χ1) is 8.56. The zero-order valence-corrected chi connectivity index (χ0v) is 10.8. The van der Waals surface area contributed by atoms with E-state index < -0.39 is 4.92 Å². The zero-order chi connectivity index (χ0) is 13.5. The number of hydrogen-bond acceptors (Lipinski definition) is 6. The summed E-state index contributed by atoms with van der Waals surface area (Å²) in [5, 5.41) is 13.9. The minimum absolute atomic E-state index is 0.0501. The number of anilines is 2. The Kier molecular flexibility index (Phi) is 5.29. The van der Waals surface area contributed by atoms with Crippen molar-refractivity contribution in [3.05, 3.63) is 15.8 Å². The summed E-state index contributed by atoms with van der Waals surface area (Å²) in [6.07, 6.45) is 4.36. The summed E-state index contributed by atoms with van der Waals surface area (Å²) in [5.41, 5.74) is 5.68. The Bertz CT molecular complexity index is 422. The van der Waals surface area contributed by atoms with Gasteiger partial charge in [-0.05, 0) is 13.3 Å². The minimum atomic E-state index is -0.483. The van der Waals surface area contributed by atoms with Crippen LogP contribution in [0.25, 0.3) is 0 Å². The maximum Gasteiger partial charge on any atom is 0.332 e. The van der Waals surface area contributed by atoms with Crippen molar-refractivity contribution in [3.8, 4) is 0 Å². The van der Waals surface area contributed by atoms with Crippen LogP contribution in [0.2, 0.25) is 0 Å². The monoisotopic (exact) mass is 253 g/mol. The van der Waals surface area contributed by atoms with Gasteiger partial charge in [0.15, 0.2) is 0 Å². The lowest BCUT2D eigenvalue weighted by molar-refractivity contribution is -0.385. The molecule has 100 valence electrons. The average Bonchev–Trinajstić information content (AvgIpc) is 2.27. The molecule has 0 aliphatic carbocycles. The number of nitrogen functional groups attached to an aromatic ring is 1. The number of aryl methyl sites for hydroxylation is 1. The van der Waals surface area contributed by atoms with E-state index in [0.29, 0.717) is 6.54 Å². The smallest absolute Gasteiger partial charge is 0.332 e. The third kappa shape index (κ3) is 3.83. The molecule has 1 rings (SSSR count). The summed E-state index contributed by atoms with van der Waals surface area (Å²) >= 11 is 0. The van der Waals surface area contributed by atoms with Gasteiger partial charge in [-0.1, -0.05) is 26.2 Å². The minimum Gasteiger partial charge on any atom is -0.368 e. The maximum atomic E-state index is 10.9. The number of unbranched alkanes of at least 4 members (excludes halogenated alkanes) is 3. The topological polar surface area (TPSA) is 107 Å². The highest BCUT2D eigenvalue weighted by Crippen LogP contribution is 2.25. The van der Waals surface area contributed by atoms with Crippen LogP contribution >= 0.6 is 0 Å². The molecule has 1 aromatic rings. The second-order valence-electron chi connectivity index (χ2n) is 4.11. The van der Waals surface area contributed by atoms with E-state index in [1.807, 2.05) is 0 Å². The second kappa shape index (κ2) is 6.73. The highest BCUT2D eigenvalue weighted by atomic mass is 16.6. The van der Waals surface area contributed by atoms with E-state index in [4.69, 9.17) is 5.73 Å². The van der Waals surface area contributed by atoms with Gasteiger partial charge in [0.1, 0.15) is 5.69 Å². The molecule has 7 nitrogen and oxygen atoms in total. The van der Waals surface area contributed by atoms with E-state index in [1.165, 1.54) is 0 Å². The molecule has 0 saturated carbocycles. The van der Waals surface area contributed by atoms with Crippen LogP contribution < -0.4 is 11.1 Å². The van der Waals surface area contributed by atoms with Gasteiger partial charge in [0, 0.05) is 6.54 Å². The van der Waals surface area contributed by atoms with Crippen LogP contribution in [0, 0.1) is 17.0 Å². The first-order valence-electron chi connectivity index (χ1n) is 6.08. The Morgan fingerprint density at radius 1 is 1.33 bits per heavy atom. The van der Waals surface area contributed by atoms with Crippen molar-refractivity contribution in [1.82, 2.24) is 9.97 Å². The lowest BCUT2D eigenvalue weighted by Crippen LogP contribution is -2.10. The molecule has 0 aromatic carbocycles. The molecular formula is C11H19N5O2. The van der Waals surface area contributed by atoms with Gasteiger partial charge in [-0.25, -0.2) is 4.98 Å². The molecule has 0 aliphatic heterocycles. The van der Waals surface area contributed by atoms with Gasteiger partial charge in [-0.3, -0.25) is 10.1 Å². The summed E-state index contributed by atoms with van der Waals surface area (Å²) in [6, 6.07) is 0. The molecule has 0 atom stereocenters. The van der Waals surface area contributed by atoms with Gasteiger partial charge in [0.2, 0.25) is 11.8 Å². The molecule has 0 saturated heterocycles. The normalized spacial score (nSPS) is 10.3. The van der Waals surface area contributed by atoms with E-state index in [9.17, 15) is 10.1 Å². The first kappa shape index (κ1) is 14.1. The molecule has 0 bridgehead atoms. The Balaban J connectivity index is 2.71. The van der Waals surface area contributed by atoms with Gasteiger partial charge in [0.25, 0.3) is 0 Å². The van der Waals surface area contributed by atoms with E-state index in [1.54, 1.807) is 6.92 Å². The molecular weight excluding hydrogens is 234 g/mol. The SMILES string of the molecule is CCCCCCNc1nc(N)nc(C)c1[N+](=O)[O-]. The van der Waals surface area contributed by atoms with Crippen LogP contribution in [-0.4, -0.2) is 21.4 Å². The standard InChI is InChI=1S/C11H19N5O2/c1-3-4-5-6-7-13-10-9(16(17)18)8(2)14-11(12)15-10/h3-7H2,1-2H3,(H3,12,13,14,15). The Morgan fingerprint density at radius 2 is 2.06 bits per heavy atom. The van der Waals surface area contributed by atoms with Crippen molar-refractivity contribution in [2.75, 3.05) is 17.6 Å². The van der Waals surface area contributed by atoms with Crippen molar-refractivity contribution in [3.63, 3.8) is 0 Å². The number of nitrogens with zero attached hydrogens (tertiary/aromatic N) is 3. The average molecular weight is 253 g/mol. The predicted octanol–water partition coefficient (Wildman–Crippen LogP) is 2.27. The molecule has 3 N–H and O–H groups in total. The molecule has 0 radical (unpaired) electrons. The predicted molar refractivity (Wildman–Crippen MR) is 70.5 cm³/mol. The first-order valence-corrected chi connectivity index (χ1v) is 6.08. The largest absolute Gasteiger partial charge is 0.368 e. The van der Waals surface area contributed by atoms with E-state index >= 15 is 0 Å². The van der Waals surface area contributed by atoms with Gasteiger partial charge in [-0.2, -0.15) is 4.98 Å². The summed E-state index contributed by atoms with van der Waals surface area (Å²) in [5.74, 6) is 0.260. The van der Waals surface area contributed by atoms with Crippen LogP contribution in [0.5, 0.6) is 0 Å². The van der Waals surface area contributed by atoms with Crippen LogP contribution in [0.1, 0.15) is 38.3 Å². The van der Waals surface area contributed by atoms with Gasteiger partial charge in [-0.15, -0.1) is 0 Å². The van der Waals surface area contributed by atoms with E-state index in [0.717, 1.165) is 25.7 Å². The lowest BCUT2D eigenvalue weighted by atomic mass is 10.2. The van der Waals surface area contributed by atoms with Gasteiger partial charge >= 0.3 is 5.69 Å². The van der Waals surface area contributed by atoms with Crippen molar-refractivity contribution in [1.29, 1.82) is 0 Å². The number of aromatic nitrogens is 2. The molecule has 18 heavy (non-hydrogen) atoms. The molecule has 0 aliphatic rings. The zero-order valence-electron chi connectivity index (χ0n) is 10.8. The lowest BCUT2D eigenvalue weighted by Gasteiger charge is -2.07. The summed E-state index contributed by atoms with van der Waals surface area (Å²) < 4.78 is 0. The molecule has 0 spiro atoms. The summed E-state index contributed by atoms with van der Waals surface area (Å²) in [7, 11) is 0. The van der Waals surface area contributed by atoms with Crippen LogP contribution in [-0.2, 0) is 0 Å². The Morgan fingerprint density at radius 3 is 2.67 bits per heavy atom.